The molecule has 1 aromatic heterocycles. The van der Waals surface area contributed by atoms with E-state index in [1.807, 2.05) is 29.5 Å². The molecule has 1 atom stereocenters. The highest BCUT2D eigenvalue weighted by Gasteiger charge is 2.16. The summed E-state index contributed by atoms with van der Waals surface area (Å²) in [5.41, 5.74) is 1.39. The predicted molar refractivity (Wildman–Crippen MR) is 89.7 cm³/mol. The molecule has 3 heteroatoms. The lowest BCUT2D eigenvalue weighted by Crippen LogP contribution is -2.17. The zero-order chi connectivity index (χ0) is 14.8. The standard InChI is InChI=1S/C17H22ClNS/c1-12(14-7-5-6-8-15(14)18)19-11-13-9-10-16(20-13)17(2,3)4/h5-10,12,19H,11H2,1-4H3/t12-/m0/s1. The molecular formula is C17H22ClNS. The first-order valence-electron chi connectivity index (χ1n) is 6.95. The number of halogens is 1. The molecule has 1 N–H and O–H groups in total. The topological polar surface area (TPSA) is 12.0 Å². The first-order chi connectivity index (χ1) is 9.38. The zero-order valence-electron chi connectivity index (χ0n) is 12.5. The largest absolute Gasteiger partial charge is 0.305 e. The maximum Gasteiger partial charge on any atom is 0.0453 e. The normalized spacial score (nSPS) is 13.4. The highest BCUT2D eigenvalue weighted by atomic mass is 35.5. The number of hydrogen-bond acceptors (Lipinski definition) is 2. The Balaban J connectivity index is 1.99. The van der Waals surface area contributed by atoms with Crippen molar-refractivity contribution in [3.8, 4) is 0 Å². The average molecular weight is 308 g/mol. The van der Waals surface area contributed by atoms with Gasteiger partial charge in [0.25, 0.3) is 0 Å². The molecular weight excluding hydrogens is 286 g/mol. The molecule has 0 unspecified atom stereocenters. The molecule has 0 fully saturated rings. The second-order valence-corrected chi connectivity index (χ2v) is 7.72. The summed E-state index contributed by atoms with van der Waals surface area (Å²) in [6.45, 7) is 9.79. The highest BCUT2D eigenvalue weighted by molar-refractivity contribution is 7.12. The van der Waals surface area contributed by atoms with Crippen LogP contribution >= 0.6 is 22.9 Å². The summed E-state index contributed by atoms with van der Waals surface area (Å²) in [5.74, 6) is 0. The summed E-state index contributed by atoms with van der Waals surface area (Å²) in [6.07, 6.45) is 0. The Hall–Kier alpha value is -0.830. The predicted octanol–water partition coefficient (Wildman–Crippen LogP) is 5.55. The van der Waals surface area contributed by atoms with Crippen molar-refractivity contribution in [2.24, 2.45) is 0 Å². The minimum Gasteiger partial charge on any atom is -0.305 e. The van der Waals surface area contributed by atoms with Crippen molar-refractivity contribution in [1.29, 1.82) is 0 Å². The second-order valence-electron chi connectivity index (χ2n) is 6.14. The van der Waals surface area contributed by atoms with E-state index in [2.05, 4.69) is 51.2 Å². The molecule has 0 bridgehead atoms. The van der Waals surface area contributed by atoms with E-state index in [0.29, 0.717) is 0 Å². The van der Waals surface area contributed by atoms with Gasteiger partial charge >= 0.3 is 0 Å². The van der Waals surface area contributed by atoms with Gasteiger partial charge in [0.05, 0.1) is 0 Å². The van der Waals surface area contributed by atoms with E-state index in [9.17, 15) is 0 Å². The number of nitrogens with one attached hydrogen (secondary N) is 1. The van der Waals surface area contributed by atoms with Gasteiger partial charge in [0.1, 0.15) is 0 Å². The molecule has 0 spiro atoms. The van der Waals surface area contributed by atoms with Crippen LogP contribution in [0.5, 0.6) is 0 Å². The molecule has 1 aromatic carbocycles. The van der Waals surface area contributed by atoms with Gasteiger partial charge in [0.15, 0.2) is 0 Å². The SMILES string of the molecule is C[C@H](NCc1ccc(C(C)(C)C)s1)c1ccccc1Cl. The molecule has 0 saturated carbocycles. The van der Waals surface area contributed by atoms with Gasteiger partial charge in [-0.25, -0.2) is 0 Å². The molecule has 0 aliphatic carbocycles. The van der Waals surface area contributed by atoms with E-state index < -0.39 is 0 Å². The summed E-state index contributed by atoms with van der Waals surface area (Å²) in [6, 6.07) is 12.7. The first-order valence-corrected chi connectivity index (χ1v) is 8.14. The fraction of sp³-hybridized carbons (Fsp3) is 0.412. The molecule has 108 valence electrons. The lowest BCUT2D eigenvalue weighted by atomic mass is 9.95. The van der Waals surface area contributed by atoms with Gasteiger partial charge in [0.2, 0.25) is 0 Å². The molecule has 0 amide bonds. The Morgan fingerprint density at radius 3 is 2.45 bits per heavy atom. The Labute approximate surface area is 131 Å². The van der Waals surface area contributed by atoms with Crippen LogP contribution in [0.15, 0.2) is 36.4 Å². The van der Waals surface area contributed by atoms with E-state index >= 15 is 0 Å². The van der Waals surface area contributed by atoms with Crippen molar-refractivity contribution in [1.82, 2.24) is 5.32 Å². The highest BCUT2D eigenvalue weighted by Crippen LogP contribution is 2.30. The number of thiophene rings is 1. The van der Waals surface area contributed by atoms with E-state index in [4.69, 9.17) is 11.6 Å². The van der Waals surface area contributed by atoms with Crippen LogP contribution in [-0.4, -0.2) is 0 Å². The molecule has 20 heavy (non-hydrogen) atoms. The quantitative estimate of drug-likeness (QED) is 0.781. The summed E-state index contributed by atoms with van der Waals surface area (Å²) in [4.78, 5) is 2.80. The third-order valence-electron chi connectivity index (χ3n) is 3.36. The minimum atomic E-state index is 0.233. The van der Waals surface area contributed by atoms with Crippen molar-refractivity contribution < 1.29 is 0 Å². The van der Waals surface area contributed by atoms with Crippen LogP contribution in [0.1, 0.15) is 49.1 Å². The monoisotopic (exact) mass is 307 g/mol. The van der Waals surface area contributed by atoms with Gasteiger partial charge in [0, 0.05) is 27.4 Å². The fourth-order valence-electron chi connectivity index (χ4n) is 2.07. The molecule has 1 nitrogen and oxygen atoms in total. The van der Waals surface area contributed by atoms with Gasteiger partial charge in [-0.2, -0.15) is 0 Å². The molecule has 2 aromatic rings. The van der Waals surface area contributed by atoms with Crippen molar-refractivity contribution in [3.05, 3.63) is 56.7 Å². The van der Waals surface area contributed by atoms with E-state index in [-0.39, 0.29) is 11.5 Å². The van der Waals surface area contributed by atoms with Crippen LogP contribution in [0, 0.1) is 0 Å². The first kappa shape index (κ1) is 15.6. The van der Waals surface area contributed by atoms with Gasteiger partial charge in [-0.3, -0.25) is 0 Å². The molecule has 0 aliphatic rings. The third-order valence-corrected chi connectivity index (χ3v) is 5.21. The van der Waals surface area contributed by atoms with Crippen molar-refractivity contribution in [2.45, 2.75) is 45.7 Å². The van der Waals surface area contributed by atoms with E-state index in [1.54, 1.807) is 0 Å². The van der Waals surface area contributed by atoms with Crippen LogP contribution < -0.4 is 5.32 Å². The van der Waals surface area contributed by atoms with Crippen LogP contribution in [0.4, 0.5) is 0 Å². The third kappa shape index (κ3) is 3.85. The Morgan fingerprint density at radius 2 is 1.85 bits per heavy atom. The smallest absolute Gasteiger partial charge is 0.0453 e. The van der Waals surface area contributed by atoms with Gasteiger partial charge < -0.3 is 5.32 Å². The van der Waals surface area contributed by atoms with Crippen LogP contribution in [0.2, 0.25) is 5.02 Å². The Bertz CT molecular complexity index is 568. The van der Waals surface area contributed by atoms with Crippen LogP contribution in [0.25, 0.3) is 0 Å². The maximum atomic E-state index is 6.23. The average Bonchev–Trinajstić information content (AvgIpc) is 2.85. The lowest BCUT2D eigenvalue weighted by molar-refractivity contribution is 0.579. The summed E-state index contributed by atoms with van der Waals surface area (Å²) in [7, 11) is 0. The molecule has 1 heterocycles. The van der Waals surface area contributed by atoms with Gasteiger partial charge in [-0.05, 0) is 36.1 Å². The van der Waals surface area contributed by atoms with E-state index in [1.165, 1.54) is 9.75 Å². The van der Waals surface area contributed by atoms with Gasteiger partial charge in [-0.1, -0.05) is 50.6 Å². The Morgan fingerprint density at radius 1 is 1.15 bits per heavy atom. The lowest BCUT2D eigenvalue weighted by Gasteiger charge is -2.16. The van der Waals surface area contributed by atoms with Crippen molar-refractivity contribution in [2.75, 3.05) is 0 Å². The molecule has 0 saturated heterocycles. The number of rotatable bonds is 4. The fourth-order valence-corrected chi connectivity index (χ4v) is 3.38. The van der Waals surface area contributed by atoms with Crippen LogP contribution in [-0.2, 0) is 12.0 Å². The molecule has 2 rings (SSSR count). The molecule has 0 aliphatic heterocycles. The van der Waals surface area contributed by atoms with Gasteiger partial charge in [-0.15, -0.1) is 11.3 Å². The zero-order valence-corrected chi connectivity index (χ0v) is 14.1. The maximum absolute atomic E-state index is 6.23. The summed E-state index contributed by atoms with van der Waals surface area (Å²) < 4.78 is 0. The Kier molecular flexibility index (Phi) is 4.90. The van der Waals surface area contributed by atoms with Crippen molar-refractivity contribution in [3.63, 3.8) is 0 Å². The molecule has 0 radical (unpaired) electrons. The summed E-state index contributed by atoms with van der Waals surface area (Å²) >= 11 is 8.11. The van der Waals surface area contributed by atoms with Crippen molar-refractivity contribution >= 4 is 22.9 Å². The minimum absolute atomic E-state index is 0.233. The number of benzene rings is 1. The second kappa shape index (κ2) is 6.30. The van der Waals surface area contributed by atoms with E-state index in [0.717, 1.165) is 17.1 Å². The summed E-state index contributed by atoms with van der Waals surface area (Å²) in [5, 5.41) is 4.37. The number of hydrogen-bond donors (Lipinski definition) is 1. The van der Waals surface area contributed by atoms with Crippen LogP contribution in [0.3, 0.4) is 0 Å².